The molecule has 0 radical (unpaired) electrons. The molecule has 9 heavy (non-hydrogen) atoms. The molecule has 0 saturated heterocycles. The molecule has 0 aromatic heterocycles. The third kappa shape index (κ3) is 6.30. The van der Waals surface area contributed by atoms with Gasteiger partial charge in [-0.3, -0.25) is 0 Å². The molecule has 0 amide bonds. The van der Waals surface area contributed by atoms with E-state index in [4.69, 9.17) is 12.8 Å². The van der Waals surface area contributed by atoms with E-state index in [1.54, 1.807) is 0 Å². The lowest BCUT2D eigenvalue weighted by atomic mass is 9.81. The van der Waals surface area contributed by atoms with Crippen LogP contribution in [0.1, 0.15) is 0 Å². The van der Waals surface area contributed by atoms with Gasteiger partial charge >= 0.3 is 7.28 Å². The average molecular weight is 110 g/mol. The van der Waals surface area contributed by atoms with Crippen LogP contribution >= 0.6 is 0 Å². The fourth-order valence-electron chi connectivity index (χ4n) is 0.235. The van der Waals surface area contributed by atoms with Crippen molar-refractivity contribution in [2.45, 2.75) is 0 Å². The maximum atomic E-state index is 4.83. The molecule has 0 fully saturated rings. The van der Waals surface area contributed by atoms with E-state index in [-0.39, 0.29) is 0 Å². The van der Waals surface area contributed by atoms with Crippen molar-refractivity contribution in [3.8, 4) is 48.2 Å². The van der Waals surface area contributed by atoms with Crippen molar-refractivity contribution in [3.05, 3.63) is 0 Å². The summed E-state index contributed by atoms with van der Waals surface area (Å²) in [5, 5.41) is 0. The van der Waals surface area contributed by atoms with E-state index >= 15 is 0 Å². The fourth-order valence-corrected chi connectivity index (χ4v) is 0.235. The molecule has 0 heterocycles. The fraction of sp³-hybridized carbons (Fsp3) is 0. The van der Waals surface area contributed by atoms with Gasteiger partial charge in [0.2, 0.25) is 0 Å². The Morgan fingerprint density at radius 2 is 1.33 bits per heavy atom. The first-order valence-electron chi connectivity index (χ1n) is 2.28. The third-order valence-electron chi connectivity index (χ3n) is 0.498. The molecular weight excluding hydrogens is 107 g/mol. The normalized spacial score (nSPS) is 3.78. The molecule has 0 unspecified atom stereocenters. The highest BCUT2D eigenvalue weighted by molar-refractivity contribution is 6.55. The van der Waals surface area contributed by atoms with Gasteiger partial charge in [-0.1, -0.05) is 0 Å². The molecular formula is C8H3B. The van der Waals surface area contributed by atoms with Gasteiger partial charge in [0.25, 0.3) is 0 Å². The Bertz CT molecular complexity index is 234. The van der Waals surface area contributed by atoms with Crippen molar-refractivity contribution in [3.63, 3.8) is 0 Å². The van der Waals surface area contributed by atoms with Crippen LogP contribution in [0.15, 0.2) is 0 Å². The molecule has 0 nitrogen and oxygen atoms in total. The number of hydrogen-bond acceptors (Lipinski definition) is 0. The van der Waals surface area contributed by atoms with Gasteiger partial charge in [0.15, 0.2) is 0 Å². The zero-order chi connectivity index (χ0) is 6.95. The molecule has 0 atom stereocenters. The molecule has 0 saturated carbocycles. The maximum Gasteiger partial charge on any atom is 0.301 e. The zero-order valence-corrected chi connectivity index (χ0v) is 4.86. The molecule has 0 aliphatic carbocycles. The van der Waals surface area contributed by atoms with Crippen molar-refractivity contribution < 1.29 is 0 Å². The highest BCUT2D eigenvalue weighted by atomic mass is 13.4. The maximum absolute atomic E-state index is 4.83. The van der Waals surface area contributed by atoms with Gasteiger partial charge in [0, 0.05) is 0 Å². The van der Waals surface area contributed by atoms with Crippen LogP contribution in [0.3, 0.4) is 0 Å². The van der Waals surface area contributed by atoms with Gasteiger partial charge in [-0.25, -0.2) is 0 Å². The standard InChI is InChI=1S/C8H3B/c1-3-5-7-9-8-6-4-2/h1-2,9H. The SMILES string of the molecule is C#CC#CBC#CC#C. The minimum atomic E-state index is 0.453. The number of terminal acetylenes is 2. The zero-order valence-electron chi connectivity index (χ0n) is 4.86. The topological polar surface area (TPSA) is 0 Å². The lowest BCUT2D eigenvalue weighted by molar-refractivity contribution is 2.53. The van der Waals surface area contributed by atoms with Crippen LogP contribution in [-0.4, -0.2) is 7.28 Å². The van der Waals surface area contributed by atoms with E-state index in [1.807, 2.05) is 0 Å². The van der Waals surface area contributed by atoms with Gasteiger partial charge in [-0.05, 0) is 23.7 Å². The molecule has 1 heteroatoms. The molecule has 0 aliphatic rings. The summed E-state index contributed by atoms with van der Waals surface area (Å²) in [6.45, 7) is 0. The molecule has 0 N–H and O–H groups in total. The van der Waals surface area contributed by atoms with E-state index in [1.165, 1.54) is 0 Å². The van der Waals surface area contributed by atoms with Crippen LogP contribution in [0.5, 0.6) is 0 Å². The second-order valence-corrected chi connectivity index (χ2v) is 1.07. The summed E-state index contributed by atoms with van der Waals surface area (Å²) >= 11 is 0. The monoisotopic (exact) mass is 110 g/mol. The van der Waals surface area contributed by atoms with Crippen LogP contribution < -0.4 is 0 Å². The Morgan fingerprint density at radius 3 is 1.67 bits per heavy atom. The van der Waals surface area contributed by atoms with Crippen molar-refractivity contribution in [2.75, 3.05) is 0 Å². The summed E-state index contributed by atoms with van der Waals surface area (Å²) in [5.41, 5.74) is 0. The van der Waals surface area contributed by atoms with Gasteiger partial charge in [0.05, 0.1) is 0 Å². The van der Waals surface area contributed by atoms with Crippen molar-refractivity contribution >= 4 is 7.28 Å². The van der Waals surface area contributed by atoms with E-state index in [2.05, 4.69) is 35.3 Å². The molecule has 0 spiro atoms. The predicted molar refractivity (Wildman–Crippen MR) is 40.4 cm³/mol. The molecule has 0 aromatic carbocycles. The van der Waals surface area contributed by atoms with Gasteiger partial charge < -0.3 is 0 Å². The summed E-state index contributed by atoms with van der Waals surface area (Å²) in [5.74, 6) is 14.4. The molecule has 38 valence electrons. The number of rotatable bonds is 0. The first-order valence-corrected chi connectivity index (χ1v) is 2.28. The van der Waals surface area contributed by atoms with Crippen molar-refractivity contribution in [2.24, 2.45) is 0 Å². The Labute approximate surface area is 56.3 Å². The van der Waals surface area contributed by atoms with E-state index in [0.717, 1.165) is 0 Å². The Kier molecular flexibility index (Phi) is 5.12. The summed E-state index contributed by atoms with van der Waals surface area (Å²) in [6.07, 6.45) is 9.66. The molecule has 0 bridgehead atoms. The summed E-state index contributed by atoms with van der Waals surface area (Å²) in [6, 6.07) is 0. The minimum absolute atomic E-state index is 0.453. The molecule has 0 aromatic rings. The average Bonchev–Trinajstić information content (AvgIpc) is 1.89. The second-order valence-electron chi connectivity index (χ2n) is 1.07. The van der Waals surface area contributed by atoms with Gasteiger partial charge in [-0.2, -0.15) is 0 Å². The Hall–Kier alpha value is -1.70. The Morgan fingerprint density at radius 1 is 0.889 bits per heavy atom. The van der Waals surface area contributed by atoms with Crippen LogP contribution in [0, 0.1) is 48.2 Å². The molecule has 0 aliphatic heterocycles. The Balaban J connectivity index is 3.59. The van der Waals surface area contributed by atoms with Crippen LogP contribution in [0.25, 0.3) is 0 Å². The lowest BCUT2D eigenvalue weighted by Gasteiger charge is -1.59. The van der Waals surface area contributed by atoms with Crippen LogP contribution in [0.4, 0.5) is 0 Å². The van der Waals surface area contributed by atoms with Gasteiger partial charge in [-0.15, -0.1) is 24.5 Å². The largest absolute Gasteiger partial charge is 0.301 e. The molecule has 0 rings (SSSR count). The smallest absolute Gasteiger partial charge is 0.128 e. The highest BCUT2D eigenvalue weighted by Crippen LogP contribution is 1.52. The number of hydrogen-bond donors (Lipinski definition) is 0. The predicted octanol–water partition coefficient (Wildman–Crippen LogP) is -0.389. The van der Waals surface area contributed by atoms with E-state index < -0.39 is 0 Å². The first kappa shape index (κ1) is 7.30. The van der Waals surface area contributed by atoms with E-state index in [9.17, 15) is 0 Å². The van der Waals surface area contributed by atoms with Crippen LogP contribution in [0.2, 0.25) is 0 Å². The van der Waals surface area contributed by atoms with Crippen LogP contribution in [-0.2, 0) is 0 Å². The van der Waals surface area contributed by atoms with E-state index in [0.29, 0.717) is 7.28 Å². The van der Waals surface area contributed by atoms with Crippen molar-refractivity contribution in [1.82, 2.24) is 0 Å². The van der Waals surface area contributed by atoms with Crippen molar-refractivity contribution in [1.29, 1.82) is 0 Å². The summed E-state index contributed by atoms with van der Waals surface area (Å²) in [4.78, 5) is 0. The summed E-state index contributed by atoms with van der Waals surface area (Å²) < 4.78 is 0. The minimum Gasteiger partial charge on any atom is -0.128 e. The first-order chi connectivity index (χ1) is 4.41. The lowest BCUT2D eigenvalue weighted by Crippen LogP contribution is -1.75. The third-order valence-corrected chi connectivity index (χ3v) is 0.498. The highest BCUT2D eigenvalue weighted by Gasteiger charge is 1.67. The quantitative estimate of drug-likeness (QED) is 0.294. The second kappa shape index (κ2) is 6.30. The van der Waals surface area contributed by atoms with Gasteiger partial charge in [0.1, 0.15) is 0 Å². The summed E-state index contributed by atoms with van der Waals surface area (Å²) in [7, 11) is 0.453.